The first-order valence-corrected chi connectivity index (χ1v) is 6.60. The molecule has 0 radical (unpaired) electrons. The third-order valence-corrected chi connectivity index (χ3v) is 3.81. The second-order valence-corrected chi connectivity index (χ2v) is 4.93. The minimum absolute atomic E-state index is 0.0631. The van der Waals surface area contributed by atoms with Gasteiger partial charge in [-0.25, -0.2) is 4.79 Å². The van der Waals surface area contributed by atoms with Gasteiger partial charge >= 0.3 is 11.9 Å². The standard InChI is InChI=1S/C14H17F3N2O/c1-4-8(5-2)9-6-7-10(14(15,16)17)12-11(9)18-13(20)19(12)3/h6-8H,4-5H2,1-3H3,(H,18,20). The molecule has 0 aliphatic heterocycles. The molecule has 1 N–H and O–H groups in total. The van der Waals surface area contributed by atoms with Gasteiger partial charge in [-0.15, -0.1) is 0 Å². The van der Waals surface area contributed by atoms with Gasteiger partial charge in [0.15, 0.2) is 0 Å². The molecule has 1 aromatic heterocycles. The fourth-order valence-electron chi connectivity index (χ4n) is 2.68. The smallest absolute Gasteiger partial charge is 0.305 e. The molecule has 2 rings (SSSR count). The van der Waals surface area contributed by atoms with Crippen LogP contribution in [0.25, 0.3) is 11.0 Å². The number of halogens is 3. The van der Waals surface area contributed by atoms with Crippen molar-refractivity contribution in [3.8, 4) is 0 Å². The first-order chi connectivity index (χ1) is 9.31. The van der Waals surface area contributed by atoms with E-state index in [0.29, 0.717) is 5.52 Å². The number of nitrogens with zero attached hydrogens (tertiary/aromatic N) is 1. The number of imidazole rings is 1. The van der Waals surface area contributed by atoms with E-state index in [1.807, 2.05) is 13.8 Å². The molecule has 0 bridgehead atoms. The summed E-state index contributed by atoms with van der Waals surface area (Å²) in [6, 6.07) is 2.56. The molecule has 0 spiro atoms. The minimum Gasteiger partial charge on any atom is -0.305 e. The lowest BCUT2D eigenvalue weighted by atomic mass is 9.91. The van der Waals surface area contributed by atoms with Crippen molar-refractivity contribution in [1.82, 2.24) is 9.55 Å². The van der Waals surface area contributed by atoms with Gasteiger partial charge in [0.2, 0.25) is 0 Å². The molecule has 20 heavy (non-hydrogen) atoms. The number of alkyl halides is 3. The van der Waals surface area contributed by atoms with Gasteiger partial charge in [-0.05, 0) is 30.4 Å². The van der Waals surface area contributed by atoms with E-state index >= 15 is 0 Å². The Morgan fingerprint density at radius 1 is 1.25 bits per heavy atom. The van der Waals surface area contributed by atoms with Crippen LogP contribution in [-0.2, 0) is 13.2 Å². The Morgan fingerprint density at radius 3 is 2.35 bits per heavy atom. The van der Waals surface area contributed by atoms with E-state index in [9.17, 15) is 18.0 Å². The quantitative estimate of drug-likeness (QED) is 0.916. The minimum atomic E-state index is -4.48. The molecular formula is C14H17F3N2O. The highest BCUT2D eigenvalue weighted by molar-refractivity contribution is 5.83. The fraction of sp³-hybridized carbons (Fsp3) is 0.500. The van der Waals surface area contributed by atoms with E-state index in [2.05, 4.69) is 4.98 Å². The van der Waals surface area contributed by atoms with E-state index in [1.165, 1.54) is 13.1 Å². The number of benzene rings is 1. The van der Waals surface area contributed by atoms with Crippen LogP contribution in [0, 0.1) is 0 Å². The number of aryl methyl sites for hydroxylation is 1. The maximum atomic E-state index is 13.1. The van der Waals surface area contributed by atoms with Crippen molar-refractivity contribution < 1.29 is 13.2 Å². The molecule has 0 amide bonds. The summed E-state index contributed by atoms with van der Waals surface area (Å²) in [7, 11) is 1.35. The summed E-state index contributed by atoms with van der Waals surface area (Å²) in [4.78, 5) is 14.3. The molecule has 0 saturated carbocycles. The summed E-state index contributed by atoms with van der Waals surface area (Å²) >= 11 is 0. The topological polar surface area (TPSA) is 37.8 Å². The number of aromatic nitrogens is 2. The lowest BCUT2D eigenvalue weighted by molar-refractivity contribution is -0.136. The van der Waals surface area contributed by atoms with Gasteiger partial charge in [0.05, 0.1) is 16.6 Å². The lowest BCUT2D eigenvalue weighted by Crippen LogP contribution is -2.14. The molecule has 110 valence electrons. The van der Waals surface area contributed by atoms with Crippen LogP contribution in [0.15, 0.2) is 16.9 Å². The Hall–Kier alpha value is -1.72. The van der Waals surface area contributed by atoms with E-state index in [1.54, 1.807) is 0 Å². The van der Waals surface area contributed by atoms with Crippen LogP contribution < -0.4 is 5.69 Å². The number of fused-ring (bicyclic) bond motifs is 1. The molecule has 1 heterocycles. The highest BCUT2D eigenvalue weighted by Crippen LogP contribution is 2.37. The summed E-state index contributed by atoms with van der Waals surface area (Å²) < 4.78 is 40.3. The molecule has 0 saturated heterocycles. The maximum Gasteiger partial charge on any atom is 0.418 e. The second-order valence-electron chi connectivity index (χ2n) is 4.93. The number of H-pyrrole nitrogens is 1. The van der Waals surface area contributed by atoms with Gasteiger partial charge < -0.3 is 4.98 Å². The SMILES string of the molecule is CCC(CC)c1ccc(C(F)(F)F)c2c1[nH]c(=O)n2C. The van der Waals surface area contributed by atoms with Gasteiger partial charge in [0.25, 0.3) is 0 Å². The van der Waals surface area contributed by atoms with Crippen molar-refractivity contribution in [2.24, 2.45) is 7.05 Å². The van der Waals surface area contributed by atoms with E-state index in [0.717, 1.165) is 29.0 Å². The Bertz CT molecular complexity index is 678. The number of nitrogens with one attached hydrogen (secondary N) is 1. The molecule has 0 atom stereocenters. The first-order valence-electron chi connectivity index (χ1n) is 6.60. The average Bonchev–Trinajstić information content (AvgIpc) is 2.67. The summed E-state index contributed by atoms with van der Waals surface area (Å²) in [6.07, 6.45) is -2.85. The first kappa shape index (κ1) is 14.7. The zero-order valence-electron chi connectivity index (χ0n) is 11.6. The third kappa shape index (κ3) is 2.23. The van der Waals surface area contributed by atoms with E-state index in [4.69, 9.17) is 0 Å². The van der Waals surface area contributed by atoms with Gasteiger partial charge in [0, 0.05) is 7.05 Å². The highest BCUT2D eigenvalue weighted by Gasteiger charge is 2.35. The average molecular weight is 286 g/mol. The van der Waals surface area contributed by atoms with Crippen LogP contribution in [0.4, 0.5) is 13.2 Å². The molecule has 6 heteroatoms. The van der Waals surface area contributed by atoms with Crippen LogP contribution >= 0.6 is 0 Å². The van der Waals surface area contributed by atoms with Crippen LogP contribution in [0.1, 0.15) is 43.7 Å². The Kier molecular flexibility index (Phi) is 3.67. The molecular weight excluding hydrogens is 269 g/mol. The van der Waals surface area contributed by atoms with Crippen molar-refractivity contribution in [3.63, 3.8) is 0 Å². The predicted molar refractivity (Wildman–Crippen MR) is 71.9 cm³/mol. The third-order valence-electron chi connectivity index (χ3n) is 3.81. The van der Waals surface area contributed by atoms with Crippen LogP contribution in [0.2, 0.25) is 0 Å². The fourth-order valence-corrected chi connectivity index (χ4v) is 2.68. The van der Waals surface area contributed by atoms with Crippen molar-refractivity contribution in [2.45, 2.75) is 38.8 Å². The van der Waals surface area contributed by atoms with Crippen molar-refractivity contribution in [1.29, 1.82) is 0 Å². The molecule has 1 aromatic carbocycles. The van der Waals surface area contributed by atoms with Crippen molar-refractivity contribution >= 4 is 11.0 Å². The summed E-state index contributed by atoms with van der Waals surface area (Å²) in [5, 5.41) is 0. The largest absolute Gasteiger partial charge is 0.418 e. The molecule has 3 nitrogen and oxygen atoms in total. The van der Waals surface area contributed by atoms with Crippen molar-refractivity contribution in [2.75, 3.05) is 0 Å². The molecule has 0 fully saturated rings. The predicted octanol–water partition coefficient (Wildman–Crippen LogP) is 3.79. The Labute approximate surface area is 114 Å². The zero-order valence-corrected chi connectivity index (χ0v) is 11.6. The highest BCUT2D eigenvalue weighted by atomic mass is 19.4. The monoisotopic (exact) mass is 286 g/mol. The maximum absolute atomic E-state index is 13.1. The summed E-state index contributed by atoms with van der Waals surface area (Å²) in [5.74, 6) is 0.137. The van der Waals surface area contributed by atoms with Gasteiger partial charge in [0.1, 0.15) is 0 Å². The summed E-state index contributed by atoms with van der Waals surface area (Å²) in [6.45, 7) is 3.97. The van der Waals surface area contributed by atoms with Crippen LogP contribution in [-0.4, -0.2) is 9.55 Å². The van der Waals surface area contributed by atoms with Crippen LogP contribution in [0.3, 0.4) is 0 Å². The van der Waals surface area contributed by atoms with E-state index < -0.39 is 17.4 Å². The van der Waals surface area contributed by atoms with Gasteiger partial charge in [-0.3, -0.25) is 4.57 Å². The molecule has 0 aliphatic rings. The normalized spacial score (nSPS) is 12.6. The molecule has 2 aromatic rings. The van der Waals surface area contributed by atoms with Gasteiger partial charge in [-0.1, -0.05) is 19.9 Å². The molecule has 0 aliphatic carbocycles. The number of aromatic amines is 1. The zero-order chi connectivity index (χ0) is 15.1. The van der Waals surface area contributed by atoms with Crippen molar-refractivity contribution in [3.05, 3.63) is 33.7 Å². The number of hydrogen-bond donors (Lipinski definition) is 1. The lowest BCUT2D eigenvalue weighted by Gasteiger charge is -2.16. The van der Waals surface area contributed by atoms with E-state index in [-0.39, 0.29) is 11.4 Å². The van der Waals surface area contributed by atoms with Crippen LogP contribution in [0.5, 0.6) is 0 Å². The second kappa shape index (κ2) is 5.00. The molecule has 0 unspecified atom stereocenters. The Morgan fingerprint density at radius 2 is 1.85 bits per heavy atom. The van der Waals surface area contributed by atoms with Gasteiger partial charge in [-0.2, -0.15) is 13.2 Å². The number of hydrogen-bond acceptors (Lipinski definition) is 1. The number of rotatable bonds is 3. The Balaban J connectivity index is 2.85. The summed E-state index contributed by atoms with van der Waals surface area (Å²) in [5.41, 5.74) is -0.282.